The van der Waals surface area contributed by atoms with Gasteiger partial charge in [0.1, 0.15) is 5.54 Å². The van der Waals surface area contributed by atoms with E-state index in [1.807, 2.05) is 42.0 Å². The van der Waals surface area contributed by atoms with Gasteiger partial charge in [-0.25, -0.2) is 4.98 Å². The molecule has 1 N–H and O–H groups in total. The van der Waals surface area contributed by atoms with E-state index in [4.69, 9.17) is 0 Å². The first-order valence-electron chi connectivity index (χ1n) is 8.72. The van der Waals surface area contributed by atoms with E-state index in [1.54, 1.807) is 6.20 Å². The van der Waals surface area contributed by atoms with Crippen molar-refractivity contribution in [3.63, 3.8) is 0 Å². The first-order chi connectivity index (χ1) is 12.5. The number of aromatic nitrogens is 2. The molecule has 0 radical (unpaired) electrons. The number of thioether (sulfide) groups is 1. The van der Waals surface area contributed by atoms with Gasteiger partial charge in [0.15, 0.2) is 5.16 Å². The molecule has 1 fully saturated rings. The zero-order valence-corrected chi connectivity index (χ0v) is 17.0. The number of carbonyl (C=O) groups is 1. The molecule has 0 saturated heterocycles. The molecule has 7 heteroatoms. The van der Waals surface area contributed by atoms with Crippen LogP contribution in [0.25, 0.3) is 5.69 Å². The molecule has 1 atom stereocenters. The lowest BCUT2D eigenvalue weighted by atomic mass is 9.83. The van der Waals surface area contributed by atoms with E-state index < -0.39 is 5.54 Å². The summed E-state index contributed by atoms with van der Waals surface area (Å²) in [6.07, 6.45) is 8.20. The summed E-state index contributed by atoms with van der Waals surface area (Å²) in [7, 11) is 0. The van der Waals surface area contributed by atoms with Crippen molar-refractivity contribution in [1.29, 1.82) is 5.26 Å². The highest BCUT2D eigenvalue weighted by Crippen LogP contribution is 2.30. The minimum absolute atomic E-state index is 0.108. The maximum absolute atomic E-state index is 12.7. The predicted molar refractivity (Wildman–Crippen MR) is 106 cm³/mol. The summed E-state index contributed by atoms with van der Waals surface area (Å²) in [5, 5.41) is 13.0. The maximum Gasteiger partial charge on any atom is 0.234 e. The van der Waals surface area contributed by atoms with E-state index in [2.05, 4.69) is 32.3 Å². The molecule has 2 aromatic rings. The topological polar surface area (TPSA) is 70.7 Å². The Bertz CT molecular complexity index is 806. The molecule has 0 spiro atoms. The highest BCUT2D eigenvalue weighted by atomic mass is 79.9. The van der Waals surface area contributed by atoms with Gasteiger partial charge in [0.05, 0.1) is 11.3 Å². The van der Waals surface area contributed by atoms with Gasteiger partial charge in [-0.3, -0.25) is 9.36 Å². The fourth-order valence-electron chi connectivity index (χ4n) is 3.14. The third-order valence-corrected chi connectivity index (χ3v) is 6.26. The lowest BCUT2D eigenvalue weighted by Crippen LogP contribution is -2.50. The lowest BCUT2D eigenvalue weighted by Gasteiger charge is -2.32. The number of nitrogens with zero attached hydrogens (tertiary/aromatic N) is 3. The summed E-state index contributed by atoms with van der Waals surface area (Å²) < 4.78 is 2.97. The van der Waals surface area contributed by atoms with E-state index in [0.29, 0.717) is 0 Å². The number of halogens is 1. The second-order valence-corrected chi connectivity index (χ2v) is 8.78. The summed E-state index contributed by atoms with van der Waals surface area (Å²) >= 11 is 4.84. The van der Waals surface area contributed by atoms with Crippen molar-refractivity contribution in [3.8, 4) is 11.8 Å². The Kier molecular flexibility index (Phi) is 6.05. The number of rotatable bonds is 5. The fourth-order valence-corrected chi connectivity index (χ4v) is 4.29. The van der Waals surface area contributed by atoms with E-state index in [0.717, 1.165) is 47.4 Å². The summed E-state index contributed by atoms with van der Waals surface area (Å²) in [4.78, 5) is 17.1. The van der Waals surface area contributed by atoms with Crippen LogP contribution in [-0.4, -0.2) is 26.2 Å². The number of amides is 1. The van der Waals surface area contributed by atoms with Crippen LogP contribution in [0.15, 0.2) is 46.3 Å². The van der Waals surface area contributed by atoms with Crippen molar-refractivity contribution in [1.82, 2.24) is 14.9 Å². The highest BCUT2D eigenvalue weighted by molar-refractivity contribution is 9.10. The van der Waals surface area contributed by atoms with Gasteiger partial charge >= 0.3 is 0 Å². The quantitative estimate of drug-likeness (QED) is 0.707. The normalized spacial score (nSPS) is 17.3. The molecule has 1 aliphatic rings. The zero-order valence-electron chi connectivity index (χ0n) is 14.6. The van der Waals surface area contributed by atoms with Crippen molar-refractivity contribution < 1.29 is 4.79 Å². The number of carbonyl (C=O) groups excluding carboxylic acids is 1. The van der Waals surface area contributed by atoms with Crippen LogP contribution in [0.3, 0.4) is 0 Å². The van der Waals surface area contributed by atoms with Crippen molar-refractivity contribution in [3.05, 3.63) is 41.1 Å². The third-order valence-electron chi connectivity index (χ3n) is 4.65. The first-order valence-corrected chi connectivity index (χ1v) is 10.4. The van der Waals surface area contributed by atoms with Crippen LogP contribution in [-0.2, 0) is 4.79 Å². The summed E-state index contributed by atoms with van der Waals surface area (Å²) in [5.41, 5.74) is 0.284. The molecule has 1 unspecified atom stereocenters. The smallest absolute Gasteiger partial charge is 0.234 e. The fraction of sp³-hybridized carbons (Fsp3) is 0.421. The molecule has 0 aliphatic heterocycles. The van der Waals surface area contributed by atoms with Crippen molar-refractivity contribution in [2.45, 2.75) is 55.0 Å². The van der Waals surface area contributed by atoms with Crippen LogP contribution in [0.1, 0.15) is 39.0 Å². The third kappa shape index (κ3) is 4.30. The summed E-state index contributed by atoms with van der Waals surface area (Å²) in [6.45, 7) is 1.86. The number of hydrogen-bond donors (Lipinski definition) is 1. The Morgan fingerprint density at radius 3 is 2.69 bits per heavy atom. The Labute approximate surface area is 166 Å². The average Bonchev–Trinajstić information content (AvgIpc) is 3.11. The molecule has 5 nitrogen and oxygen atoms in total. The van der Waals surface area contributed by atoms with Gasteiger partial charge in [0, 0.05) is 22.6 Å². The van der Waals surface area contributed by atoms with Gasteiger partial charge in [0.2, 0.25) is 5.91 Å². The molecule has 1 heterocycles. The lowest BCUT2D eigenvalue weighted by molar-refractivity contribution is -0.121. The second-order valence-electron chi connectivity index (χ2n) is 6.56. The van der Waals surface area contributed by atoms with Gasteiger partial charge in [-0.2, -0.15) is 5.26 Å². The predicted octanol–water partition coefficient (Wildman–Crippen LogP) is 4.46. The van der Waals surface area contributed by atoms with Crippen LogP contribution in [0.5, 0.6) is 0 Å². The van der Waals surface area contributed by atoms with Gasteiger partial charge in [0.25, 0.3) is 0 Å². The monoisotopic (exact) mass is 432 g/mol. The molecule has 26 heavy (non-hydrogen) atoms. The first kappa shape index (κ1) is 19.0. The Morgan fingerprint density at radius 2 is 2.04 bits per heavy atom. The van der Waals surface area contributed by atoms with Crippen molar-refractivity contribution in [2.75, 3.05) is 0 Å². The zero-order chi connectivity index (χ0) is 18.6. The molecule has 1 aromatic heterocycles. The van der Waals surface area contributed by atoms with Crippen LogP contribution in [0, 0.1) is 11.3 Å². The summed E-state index contributed by atoms with van der Waals surface area (Å²) in [6, 6.07) is 10.3. The molecule has 1 amide bonds. The van der Waals surface area contributed by atoms with E-state index in [9.17, 15) is 10.1 Å². The van der Waals surface area contributed by atoms with Crippen LogP contribution in [0.2, 0.25) is 0 Å². The standard InChI is InChI=1S/C19H21BrN4OS/c1-14(17(25)23-19(13-21)9-3-2-4-10-19)26-18-22-11-12-24(18)16-7-5-15(20)6-8-16/h5-8,11-12,14H,2-4,9-10H2,1H3,(H,23,25). The molecule has 0 bridgehead atoms. The number of benzene rings is 1. The van der Waals surface area contributed by atoms with Crippen molar-refractivity contribution in [2.24, 2.45) is 0 Å². The SMILES string of the molecule is CC(Sc1nccn1-c1ccc(Br)cc1)C(=O)NC1(C#N)CCCCC1. The number of nitrogens with one attached hydrogen (secondary N) is 1. The highest BCUT2D eigenvalue weighted by Gasteiger charge is 2.35. The maximum atomic E-state index is 12.7. The Morgan fingerprint density at radius 1 is 1.35 bits per heavy atom. The van der Waals surface area contributed by atoms with Crippen molar-refractivity contribution >= 4 is 33.6 Å². The van der Waals surface area contributed by atoms with Gasteiger partial charge in [-0.15, -0.1) is 0 Å². The number of hydrogen-bond acceptors (Lipinski definition) is 4. The van der Waals surface area contributed by atoms with Crippen LogP contribution < -0.4 is 5.32 Å². The Balaban J connectivity index is 1.69. The number of nitriles is 1. The molecule has 136 valence electrons. The number of imidazole rings is 1. The molecule has 1 saturated carbocycles. The van der Waals surface area contributed by atoms with Gasteiger partial charge in [-0.1, -0.05) is 47.0 Å². The minimum Gasteiger partial charge on any atom is -0.337 e. The largest absolute Gasteiger partial charge is 0.337 e. The van der Waals surface area contributed by atoms with Gasteiger partial charge in [-0.05, 0) is 44.0 Å². The van der Waals surface area contributed by atoms with Crippen LogP contribution in [0.4, 0.5) is 0 Å². The minimum atomic E-state index is -0.703. The Hall–Kier alpha value is -1.78. The van der Waals surface area contributed by atoms with E-state index in [1.165, 1.54) is 11.8 Å². The molecule has 3 rings (SSSR count). The second kappa shape index (κ2) is 8.28. The summed E-state index contributed by atoms with van der Waals surface area (Å²) in [5.74, 6) is -0.108. The molecular weight excluding hydrogens is 412 g/mol. The molecule has 1 aromatic carbocycles. The van der Waals surface area contributed by atoms with E-state index in [-0.39, 0.29) is 11.2 Å². The van der Waals surface area contributed by atoms with E-state index >= 15 is 0 Å². The van der Waals surface area contributed by atoms with Gasteiger partial charge < -0.3 is 5.32 Å². The molecule has 1 aliphatic carbocycles. The van der Waals surface area contributed by atoms with Crippen LogP contribution >= 0.6 is 27.7 Å². The molecular formula is C19H21BrN4OS. The average molecular weight is 433 g/mol.